The van der Waals surface area contributed by atoms with Crippen molar-refractivity contribution >= 4 is 11.6 Å². The maximum absolute atomic E-state index is 12.8. The number of nitrogens with one attached hydrogen (secondary N) is 1. The van der Waals surface area contributed by atoms with Crippen molar-refractivity contribution in [2.45, 2.75) is 45.7 Å². The van der Waals surface area contributed by atoms with Crippen molar-refractivity contribution in [1.82, 2.24) is 14.5 Å². The Morgan fingerprint density at radius 1 is 1.21 bits per heavy atom. The quantitative estimate of drug-likeness (QED) is 0.706. The lowest BCUT2D eigenvalue weighted by molar-refractivity contribution is -0.120. The Morgan fingerprint density at radius 2 is 2.00 bits per heavy atom. The summed E-state index contributed by atoms with van der Waals surface area (Å²) < 4.78 is 7.83. The van der Waals surface area contributed by atoms with Crippen LogP contribution in [-0.4, -0.2) is 32.9 Å². The highest BCUT2D eigenvalue weighted by Crippen LogP contribution is 2.23. The van der Waals surface area contributed by atoms with Gasteiger partial charge in [-0.3, -0.25) is 9.69 Å². The van der Waals surface area contributed by atoms with Crippen LogP contribution in [0.25, 0.3) is 5.69 Å². The summed E-state index contributed by atoms with van der Waals surface area (Å²) >= 11 is 0. The Balaban J connectivity index is 1.40. The number of aryl methyl sites for hydroxylation is 2. The van der Waals surface area contributed by atoms with E-state index in [1.165, 1.54) is 0 Å². The van der Waals surface area contributed by atoms with Gasteiger partial charge in [0.2, 0.25) is 5.91 Å². The normalized spacial score (nSPS) is 17.1. The summed E-state index contributed by atoms with van der Waals surface area (Å²) in [4.78, 5) is 19.3. The second kappa shape index (κ2) is 8.02. The largest absolute Gasteiger partial charge is 0.465 e. The van der Waals surface area contributed by atoms with E-state index in [2.05, 4.69) is 22.1 Å². The fraction of sp³-hybridized carbons (Fsp3) is 0.364. The molecule has 1 saturated heterocycles. The number of imidazole rings is 1. The zero-order valence-electron chi connectivity index (χ0n) is 16.4. The minimum atomic E-state index is -0.120. The van der Waals surface area contributed by atoms with Gasteiger partial charge >= 0.3 is 0 Å². The SMILES string of the molecule is CCc1ccc(CN2CCCC2C(=O)Nc2ccc(-n3ccnc3C)cc2)o1. The summed E-state index contributed by atoms with van der Waals surface area (Å²) in [6, 6.07) is 11.8. The number of carbonyl (C=O) groups excluding carboxylic acids is 1. The molecule has 1 atom stereocenters. The molecule has 1 aliphatic rings. The summed E-state index contributed by atoms with van der Waals surface area (Å²) in [5.74, 6) is 2.90. The third-order valence-corrected chi connectivity index (χ3v) is 5.33. The molecule has 146 valence electrons. The number of hydrogen-bond acceptors (Lipinski definition) is 4. The molecular formula is C22H26N4O2. The van der Waals surface area contributed by atoms with Crippen LogP contribution >= 0.6 is 0 Å². The first-order valence-corrected chi connectivity index (χ1v) is 9.87. The molecule has 28 heavy (non-hydrogen) atoms. The highest BCUT2D eigenvalue weighted by atomic mass is 16.3. The van der Waals surface area contributed by atoms with Crippen LogP contribution in [0.4, 0.5) is 5.69 Å². The van der Waals surface area contributed by atoms with Gasteiger partial charge in [0.15, 0.2) is 0 Å². The van der Waals surface area contributed by atoms with Crippen LogP contribution in [0.5, 0.6) is 0 Å². The van der Waals surface area contributed by atoms with E-state index in [1.54, 1.807) is 6.20 Å². The highest BCUT2D eigenvalue weighted by molar-refractivity contribution is 5.95. The van der Waals surface area contributed by atoms with E-state index in [-0.39, 0.29) is 11.9 Å². The lowest BCUT2D eigenvalue weighted by atomic mass is 10.2. The van der Waals surface area contributed by atoms with E-state index in [4.69, 9.17) is 4.42 Å². The van der Waals surface area contributed by atoms with Crippen LogP contribution in [0.15, 0.2) is 53.2 Å². The van der Waals surface area contributed by atoms with Crippen molar-refractivity contribution in [2.75, 3.05) is 11.9 Å². The fourth-order valence-electron chi connectivity index (χ4n) is 3.79. The number of benzene rings is 1. The fourth-order valence-corrected chi connectivity index (χ4v) is 3.79. The molecule has 3 heterocycles. The van der Waals surface area contributed by atoms with Crippen LogP contribution in [0.1, 0.15) is 37.1 Å². The van der Waals surface area contributed by atoms with Crippen molar-refractivity contribution in [2.24, 2.45) is 0 Å². The van der Waals surface area contributed by atoms with Gasteiger partial charge in [-0.2, -0.15) is 0 Å². The number of likely N-dealkylation sites (tertiary alicyclic amines) is 1. The van der Waals surface area contributed by atoms with Gasteiger partial charge in [-0.05, 0) is 62.7 Å². The molecule has 1 aliphatic heterocycles. The molecule has 1 unspecified atom stereocenters. The summed E-state index contributed by atoms with van der Waals surface area (Å²) in [5, 5.41) is 3.07. The monoisotopic (exact) mass is 378 g/mol. The zero-order valence-corrected chi connectivity index (χ0v) is 16.4. The predicted molar refractivity (Wildman–Crippen MR) is 108 cm³/mol. The van der Waals surface area contributed by atoms with E-state index in [0.717, 1.165) is 54.5 Å². The molecule has 0 saturated carbocycles. The molecule has 6 heteroatoms. The third-order valence-electron chi connectivity index (χ3n) is 5.33. The number of carbonyl (C=O) groups is 1. The van der Waals surface area contributed by atoms with Crippen LogP contribution < -0.4 is 5.32 Å². The predicted octanol–water partition coefficient (Wildman–Crippen LogP) is 3.94. The summed E-state index contributed by atoms with van der Waals surface area (Å²) in [5.41, 5.74) is 1.84. The van der Waals surface area contributed by atoms with E-state index in [9.17, 15) is 4.79 Å². The maximum Gasteiger partial charge on any atom is 0.241 e. The van der Waals surface area contributed by atoms with Crippen LogP contribution in [-0.2, 0) is 17.8 Å². The summed E-state index contributed by atoms with van der Waals surface area (Å²) in [6.45, 7) is 5.64. The molecule has 0 spiro atoms. The second-order valence-electron chi connectivity index (χ2n) is 7.23. The first-order valence-electron chi connectivity index (χ1n) is 9.87. The van der Waals surface area contributed by atoms with Crippen molar-refractivity contribution in [3.63, 3.8) is 0 Å². The standard InChI is InChI=1S/C22H26N4O2/c1-3-19-10-11-20(28-19)15-25-13-4-5-21(25)22(27)24-17-6-8-18(9-7-17)26-14-12-23-16(26)2/h6-12,14,21H,3-5,13,15H2,1-2H3,(H,24,27). The molecule has 0 bridgehead atoms. The van der Waals surface area contributed by atoms with Crippen molar-refractivity contribution in [1.29, 1.82) is 0 Å². The van der Waals surface area contributed by atoms with E-state index >= 15 is 0 Å². The number of nitrogens with zero attached hydrogens (tertiary/aromatic N) is 3. The number of aromatic nitrogens is 2. The maximum atomic E-state index is 12.8. The minimum Gasteiger partial charge on any atom is -0.465 e. The van der Waals surface area contributed by atoms with E-state index < -0.39 is 0 Å². The number of furan rings is 1. The third kappa shape index (κ3) is 3.87. The second-order valence-corrected chi connectivity index (χ2v) is 7.23. The average molecular weight is 378 g/mol. The molecule has 1 N–H and O–H groups in total. The molecule has 0 radical (unpaired) electrons. The average Bonchev–Trinajstić information content (AvgIpc) is 3.44. The van der Waals surface area contributed by atoms with Crippen molar-refractivity contribution in [3.8, 4) is 5.69 Å². The van der Waals surface area contributed by atoms with Gasteiger partial charge in [0.05, 0.1) is 12.6 Å². The van der Waals surface area contributed by atoms with Gasteiger partial charge in [-0.25, -0.2) is 4.98 Å². The molecule has 1 aromatic carbocycles. The number of anilines is 1. The van der Waals surface area contributed by atoms with Crippen LogP contribution in [0.3, 0.4) is 0 Å². The molecule has 4 rings (SSSR count). The van der Waals surface area contributed by atoms with Gasteiger partial charge in [-0.1, -0.05) is 6.92 Å². The molecule has 2 aromatic heterocycles. The first kappa shape index (κ1) is 18.5. The van der Waals surface area contributed by atoms with Gasteiger partial charge in [0.1, 0.15) is 17.3 Å². The topological polar surface area (TPSA) is 63.3 Å². The Bertz CT molecular complexity index is 942. The molecular weight excluding hydrogens is 352 g/mol. The van der Waals surface area contributed by atoms with Gasteiger partial charge in [0, 0.05) is 30.2 Å². The smallest absolute Gasteiger partial charge is 0.241 e. The van der Waals surface area contributed by atoms with Gasteiger partial charge in [-0.15, -0.1) is 0 Å². The Hall–Kier alpha value is -2.86. The summed E-state index contributed by atoms with van der Waals surface area (Å²) in [7, 11) is 0. The first-order chi connectivity index (χ1) is 13.6. The van der Waals surface area contributed by atoms with Crippen molar-refractivity contribution in [3.05, 3.63) is 66.1 Å². The molecule has 3 aromatic rings. The number of rotatable bonds is 6. The summed E-state index contributed by atoms with van der Waals surface area (Å²) in [6.07, 6.45) is 6.50. The molecule has 1 fully saturated rings. The number of amides is 1. The van der Waals surface area contributed by atoms with Crippen LogP contribution in [0.2, 0.25) is 0 Å². The van der Waals surface area contributed by atoms with Gasteiger partial charge < -0.3 is 14.3 Å². The highest BCUT2D eigenvalue weighted by Gasteiger charge is 2.31. The molecule has 1 amide bonds. The Labute approximate surface area is 165 Å². The Morgan fingerprint density at radius 3 is 2.68 bits per heavy atom. The molecule has 6 nitrogen and oxygen atoms in total. The van der Waals surface area contributed by atoms with Crippen molar-refractivity contribution < 1.29 is 9.21 Å². The lowest BCUT2D eigenvalue weighted by Crippen LogP contribution is -2.39. The van der Waals surface area contributed by atoms with Gasteiger partial charge in [0.25, 0.3) is 0 Å². The zero-order chi connectivity index (χ0) is 19.5. The Kier molecular flexibility index (Phi) is 5.30. The molecule has 0 aliphatic carbocycles. The van der Waals surface area contributed by atoms with Crippen LogP contribution in [0, 0.1) is 6.92 Å². The number of hydrogen-bond donors (Lipinski definition) is 1. The lowest BCUT2D eigenvalue weighted by Gasteiger charge is -2.22. The minimum absolute atomic E-state index is 0.0475. The van der Waals surface area contributed by atoms with E-state index in [0.29, 0.717) is 6.54 Å². The van der Waals surface area contributed by atoms with E-state index in [1.807, 2.05) is 54.1 Å².